The number of piperidine rings is 1. The number of carbonyl (C=O) groups excluding carboxylic acids is 4. The highest BCUT2D eigenvalue weighted by Gasteiger charge is 2.32. The van der Waals surface area contributed by atoms with Crippen molar-refractivity contribution in [2.75, 3.05) is 13.7 Å². The van der Waals surface area contributed by atoms with Crippen LogP contribution >= 0.6 is 0 Å². The highest BCUT2D eigenvalue weighted by atomic mass is 16.6. The Morgan fingerprint density at radius 1 is 1.18 bits per heavy atom. The Bertz CT molecular complexity index is 706. The molecule has 1 heterocycles. The standard InChI is InChI=1S/C20H26N2O6/c1-14(23)18(19(25)27-2)21-17(24)12-16-10-6-7-11-22(16)20(26)28-13-15-8-4-3-5-9-15/h3-5,8-9,16,18H,6-7,10-13H2,1-2H3,(H,21,24). The number of benzene rings is 1. The number of hydrogen-bond acceptors (Lipinski definition) is 6. The van der Waals surface area contributed by atoms with Crippen LogP contribution in [0.1, 0.15) is 38.2 Å². The first-order chi connectivity index (χ1) is 13.4. The van der Waals surface area contributed by atoms with E-state index in [0.29, 0.717) is 13.0 Å². The molecule has 2 unspecified atom stereocenters. The van der Waals surface area contributed by atoms with Crippen molar-refractivity contribution in [1.82, 2.24) is 10.2 Å². The van der Waals surface area contributed by atoms with Crippen molar-refractivity contribution in [3.05, 3.63) is 35.9 Å². The van der Waals surface area contributed by atoms with E-state index in [2.05, 4.69) is 10.1 Å². The van der Waals surface area contributed by atoms with Gasteiger partial charge in [-0.05, 0) is 31.7 Å². The molecule has 0 aromatic heterocycles. The van der Waals surface area contributed by atoms with Gasteiger partial charge >= 0.3 is 12.1 Å². The minimum Gasteiger partial charge on any atom is -0.467 e. The number of esters is 1. The minimum absolute atomic E-state index is 0.0127. The summed E-state index contributed by atoms with van der Waals surface area (Å²) in [7, 11) is 1.15. The zero-order valence-electron chi connectivity index (χ0n) is 16.2. The number of ketones is 1. The van der Waals surface area contributed by atoms with Crippen molar-refractivity contribution >= 4 is 23.8 Å². The molecule has 1 aliphatic rings. The molecule has 0 spiro atoms. The zero-order chi connectivity index (χ0) is 20.5. The summed E-state index contributed by atoms with van der Waals surface area (Å²) in [5.74, 6) is -1.81. The summed E-state index contributed by atoms with van der Waals surface area (Å²) in [6, 6.07) is 7.66. The number of carbonyl (C=O) groups is 4. The lowest BCUT2D eigenvalue weighted by molar-refractivity contribution is -0.148. The van der Waals surface area contributed by atoms with Crippen molar-refractivity contribution in [3.63, 3.8) is 0 Å². The van der Waals surface area contributed by atoms with Crippen LogP contribution in [-0.2, 0) is 30.5 Å². The molecule has 8 heteroatoms. The summed E-state index contributed by atoms with van der Waals surface area (Å²) >= 11 is 0. The maximum Gasteiger partial charge on any atom is 0.410 e. The monoisotopic (exact) mass is 390 g/mol. The van der Waals surface area contributed by atoms with E-state index in [4.69, 9.17) is 4.74 Å². The van der Waals surface area contributed by atoms with Crippen LogP contribution in [0, 0.1) is 0 Å². The summed E-state index contributed by atoms with van der Waals surface area (Å²) < 4.78 is 9.92. The Hall–Kier alpha value is -2.90. The molecule has 0 bridgehead atoms. The Labute approximate surface area is 164 Å². The van der Waals surface area contributed by atoms with Gasteiger partial charge in [0.15, 0.2) is 11.8 Å². The van der Waals surface area contributed by atoms with Crippen LogP contribution < -0.4 is 5.32 Å². The number of ether oxygens (including phenoxy) is 2. The second-order valence-corrected chi connectivity index (χ2v) is 6.72. The fourth-order valence-electron chi connectivity index (χ4n) is 3.13. The second kappa shape index (κ2) is 10.4. The molecule has 2 atom stereocenters. The predicted molar refractivity (Wildman–Crippen MR) is 100 cm³/mol. The number of nitrogens with zero attached hydrogens (tertiary/aromatic N) is 1. The van der Waals surface area contributed by atoms with Gasteiger partial charge in [-0.1, -0.05) is 30.3 Å². The Kier molecular flexibility index (Phi) is 7.98. The third kappa shape index (κ3) is 6.07. The molecule has 1 aliphatic heterocycles. The van der Waals surface area contributed by atoms with E-state index in [9.17, 15) is 19.2 Å². The molecule has 152 valence electrons. The summed E-state index contributed by atoms with van der Waals surface area (Å²) in [5.41, 5.74) is 0.879. The predicted octanol–water partition coefficient (Wildman–Crippen LogP) is 1.81. The molecule has 0 saturated carbocycles. The van der Waals surface area contributed by atoms with E-state index >= 15 is 0 Å². The number of nitrogens with one attached hydrogen (secondary N) is 1. The summed E-state index contributed by atoms with van der Waals surface area (Å²) in [6.45, 7) is 1.86. The molecule has 28 heavy (non-hydrogen) atoms. The van der Waals surface area contributed by atoms with Gasteiger partial charge in [0.2, 0.25) is 5.91 Å². The Morgan fingerprint density at radius 3 is 2.54 bits per heavy atom. The van der Waals surface area contributed by atoms with Gasteiger partial charge in [-0.3, -0.25) is 9.59 Å². The van der Waals surface area contributed by atoms with Crippen LogP contribution in [0.4, 0.5) is 4.79 Å². The highest BCUT2D eigenvalue weighted by Crippen LogP contribution is 2.21. The van der Waals surface area contributed by atoms with Crippen molar-refractivity contribution in [1.29, 1.82) is 0 Å². The smallest absolute Gasteiger partial charge is 0.410 e. The van der Waals surface area contributed by atoms with Gasteiger partial charge in [-0.15, -0.1) is 0 Å². The molecule has 0 radical (unpaired) electrons. The number of methoxy groups -OCH3 is 1. The van der Waals surface area contributed by atoms with Gasteiger partial charge in [0.1, 0.15) is 6.61 Å². The molecular weight excluding hydrogens is 364 g/mol. The molecule has 1 fully saturated rings. The lowest BCUT2D eigenvalue weighted by Crippen LogP contribution is -2.50. The lowest BCUT2D eigenvalue weighted by Gasteiger charge is -2.34. The maximum absolute atomic E-state index is 12.5. The van der Waals surface area contributed by atoms with E-state index < -0.39 is 29.8 Å². The maximum atomic E-state index is 12.5. The quantitative estimate of drug-likeness (QED) is 0.563. The third-order valence-electron chi connectivity index (χ3n) is 4.64. The largest absolute Gasteiger partial charge is 0.467 e. The van der Waals surface area contributed by atoms with Crippen LogP contribution in [0.2, 0.25) is 0 Å². The Balaban J connectivity index is 1.94. The van der Waals surface area contributed by atoms with Crippen molar-refractivity contribution in [2.24, 2.45) is 0 Å². The van der Waals surface area contributed by atoms with Crippen LogP contribution in [0.5, 0.6) is 0 Å². The van der Waals surface area contributed by atoms with Crippen LogP contribution in [0.25, 0.3) is 0 Å². The van der Waals surface area contributed by atoms with E-state index in [1.165, 1.54) is 6.92 Å². The Morgan fingerprint density at radius 2 is 1.89 bits per heavy atom. The molecule has 1 N–H and O–H groups in total. The second-order valence-electron chi connectivity index (χ2n) is 6.72. The van der Waals surface area contributed by atoms with Gasteiger partial charge in [0.05, 0.1) is 7.11 Å². The van der Waals surface area contributed by atoms with E-state index in [0.717, 1.165) is 25.5 Å². The van der Waals surface area contributed by atoms with E-state index in [-0.39, 0.29) is 19.1 Å². The number of likely N-dealkylation sites (tertiary alicyclic amines) is 1. The molecule has 1 saturated heterocycles. The first kappa shape index (κ1) is 21.4. The normalized spacial score (nSPS) is 17.4. The lowest BCUT2D eigenvalue weighted by atomic mass is 9.99. The number of rotatable bonds is 7. The fraction of sp³-hybridized carbons (Fsp3) is 0.500. The topological polar surface area (TPSA) is 102 Å². The fourth-order valence-corrected chi connectivity index (χ4v) is 3.13. The van der Waals surface area contributed by atoms with E-state index in [1.54, 1.807) is 4.90 Å². The number of amides is 2. The van der Waals surface area contributed by atoms with Crippen LogP contribution in [0.3, 0.4) is 0 Å². The van der Waals surface area contributed by atoms with Crippen LogP contribution in [-0.4, -0.2) is 54.4 Å². The summed E-state index contributed by atoms with van der Waals surface area (Å²) in [6.07, 6.45) is 1.87. The van der Waals surface area contributed by atoms with E-state index in [1.807, 2.05) is 30.3 Å². The molecule has 1 aromatic carbocycles. The molecule has 0 aliphatic carbocycles. The minimum atomic E-state index is -1.33. The highest BCUT2D eigenvalue weighted by molar-refractivity contribution is 6.04. The van der Waals surface area contributed by atoms with Gasteiger partial charge < -0.3 is 19.7 Å². The molecule has 8 nitrogen and oxygen atoms in total. The molecular formula is C20H26N2O6. The molecule has 2 amide bonds. The number of Topliss-reactive ketones (excluding diaryl/α,β-unsaturated/α-hetero) is 1. The summed E-state index contributed by atoms with van der Waals surface area (Å²) in [4.78, 5) is 49.6. The average molecular weight is 390 g/mol. The van der Waals surface area contributed by atoms with Crippen molar-refractivity contribution in [2.45, 2.75) is 51.3 Å². The van der Waals surface area contributed by atoms with Crippen molar-refractivity contribution in [3.8, 4) is 0 Å². The first-order valence-corrected chi connectivity index (χ1v) is 9.27. The van der Waals surface area contributed by atoms with Crippen molar-refractivity contribution < 1.29 is 28.7 Å². The number of hydrogen-bond donors (Lipinski definition) is 1. The van der Waals surface area contributed by atoms with Gasteiger partial charge in [0.25, 0.3) is 0 Å². The van der Waals surface area contributed by atoms with Gasteiger partial charge in [0, 0.05) is 19.0 Å². The van der Waals surface area contributed by atoms with Gasteiger partial charge in [-0.2, -0.15) is 0 Å². The molecule has 1 aromatic rings. The third-order valence-corrected chi connectivity index (χ3v) is 4.64. The first-order valence-electron chi connectivity index (χ1n) is 9.27. The van der Waals surface area contributed by atoms with Gasteiger partial charge in [-0.25, -0.2) is 9.59 Å². The average Bonchev–Trinajstić information content (AvgIpc) is 2.70. The summed E-state index contributed by atoms with van der Waals surface area (Å²) in [5, 5.41) is 2.39. The van der Waals surface area contributed by atoms with Crippen LogP contribution in [0.15, 0.2) is 30.3 Å². The SMILES string of the molecule is COC(=O)C(NC(=O)CC1CCCCN1C(=O)OCc1ccccc1)C(C)=O. The molecule has 2 rings (SSSR count). The zero-order valence-corrected chi connectivity index (χ0v) is 16.2.